The van der Waals surface area contributed by atoms with E-state index in [-0.39, 0.29) is 5.56 Å². The van der Waals surface area contributed by atoms with Gasteiger partial charge in [0.25, 0.3) is 0 Å². The molecule has 0 saturated heterocycles. The van der Waals surface area contributed by atoms with Gasteiger partial charge in [-0.05, 0) is 13.0 Å². The average Bonchev–Trinajstić information content (AvgIpc) is 2.16. The lowest BCUT2D eigenvalue weighted by Gasteiger charge is -2.24. The molecule has 0 aromatic carbocycles. The first-order valence-electron chi connectivity index (χ1n) is 4.32. The summed E-state index contributed by atoms with van der Waals surface area (Å²) in [6, 6.07) is 3.34. The quantitative estimate of drug-likeness (QED) is 0.693. The van der Waals surface area contributed by atoms with Gasteiger partial charge in [-0.2, -0.15) is 0 Å². The number of nitrogens with zero attached hydrogens (tertiary/aromatic N) is 2. The molecule has 0 aliphatic carbocycles. The van der Waals surface area contributed by atoms with Crippen molar-refractivity contribution in [3.05, 3.63) is 22.5 Å². The minimum Gasteiger partial charge on any atom is -0.364 e. The molecule has 0 saturated carbocycles. The summed E-state index contributed by atoms with van der Waals surface area (Å²) in [6.45, 7) is 3.81. The third-order valence-electron chi connectivity index (χ3n) is 2.12. The van der Waals surface area contributed by atoms with Crippen LogP contribution in [0.25, 0.3) is 0 Å². The first kappa shape index (κ1) is 8.04. The van der Waals surface area contributed by atoms with Crippen molar-refractivity contribution in [1.82, 2.24) is 4.98 Å². The van der Waals surface area contributed by atoms with E-state index in [2.05, 4.69) is 21.8 Å². The zero-order chi connectivity index (χ0) is 9.26. The molecule has 1 aromatic rings. The molecule has 68 valence electrons. The predicted octanol–water partition coefficient (Wildman–Crippen LogP) is 0.917. The number of anilines is 1. The van der Waals surface area contributed by atoms with Gasteiger partial charge in [-0.3, -0.25) is 4.79 Å². The number of aromatic nitrogens is 1. The van der Waals surface area contributed by atoms with Gasteiger partial charge in [-0.25, -0.2) is 4.99 Å². The highest BCUT2D eigenvalue weighted by Crippen LogP contribution is 2.26. The number of aromatic amines is 1. The predicted molar refractivity (Wildman–Crippen MR) is 53.1 cm³/mol. The third-order valence-corrected chi connectivity index (χ3v) is 2.12. The maximum Gasteiger partial charge on any atom is 0.249 e. The molecular formula is C9H11N3O. The van der Waals surface area contributed by atoms with Crippen molar-refractivity contribution in [1.29, 1.82) is 0 Å². The minimum atomic E-state index is -0.103. The second-order valence-electron chi connectivity index (χ2n) is 2.91. The Hall–Kier alpha value is -1.58. The monoisotopic (exact) mass is 177 g/mol. The van der Waals surface area contributed by atoms with Crippen molar-refractivity contribution < 1.29 is 0 Å². The summed E-state index contributed by atoms with van der Waals surface area (Å²) < 4.78 is 0. The molecule has 2 rings (SSSR count). The first-order chi connectivity index (χ1) is 6.31. The number of rotatable bonds is 1. The largest absolute Gasteiger partial charge is 0.364 e. The van der Waals surface area contributed by atoms with Crippen LogP contribution in [0.5, 0.6) is 0 Å². The Morgan fingerprint density at radius 1 is 1.62 bits per heavy atom. The highest BCUT2D eigenvalue weighted by molar-refractivity contribution is 5.79. The lowest BCUT2D eigenvalue weighted by atomic mass is 10.3. The maximum atomic E-state index is 11.0. The number of aliphatic imine (C=N–C) groups is 1. The summed E-state index contributed by atoms with van der Waals surface area (Å²) in [4.78, 5) is 20.0. The van der Waals surface area contributed by atoms with E-state index in [9.17, 15) is 4.79 Å². The van der Waals surface area contributed by atoms with Gasteiger partial charge >= 0.3 is 0 Å². The molecule has 0 unspecified atom stereocenters. The number of hydrogen-bond acceptors (Lipinski definition) is 3. The van der Waals surface area contributed by atoms with Crippen LogP contribution in [-0.4, -0.2) is 24.3 Å². The molecule has 1 aliphatic heterocycles. The van der Waals surface area contributed by atoms with Crippen LogP contribution < -0.4 is 10.5 Å². The second kappa shape index (κ2) is 3.05. The van der Waals surface area contributed by atoms with Crippen molar-refractivity contribution in [2.75, 3.05) is 18.0 Å². The normalized spacial score (nSPS) is 14.4. The Morgan fingerprint density at radius 3 is 3.23 bits per heavy atom. The van der Waals surface area contributed by atoms with E-state index in [1.54, 1.807) is 0 Å². The number of H-pyrrole nitrogens is 1. The van der Waals surface area contributed by atoms with E-state index in [4.69, 9.17) is 0 Å². The fourth-order valence-electron chi connectivity index (χ4n) is 1.44. The number of nitrogens with one attached hydrogen (secondary N) is 1. The summed E-state index contributed by atoms with van der Waals surface area (Å²) in [5.41, 5.74) is 0.901. The van der Waals surface area contributed by atoms with Crippen molar-refractivity contribution in [3.63, 3.8) is 0 Å². The van der Waals surface area contributed by atoms with Crippen LogP contribution >= 0.6 is 0 Å². The zero-order valence-electron chi connectivity index (χ0n) is 7.45. The fraction of sp³-hybridized carbons (Fsp3) is 0.333. The Kier molecular flexibility index (Phi) is 1.88. The van der Waals surface area contributed by atoms with Crippen LogP contribution in [0.2, 0.25) is 0 Å². The first-order valence-corrected chi connectivity index (χ1v) is 4.32. The molecular weight excluding hydrogens is 166 g/mol. The molecule has 0 fully saturated rings. The summed E-state index contributed by atoms with van der Waals surface area (Å²) in [5, 5.41) is 0. The zero-order valence-corrected chi connectivity index (χ0v) is 7.45. The lowest BCUT2D eigenvalue weighted by molar-refractivity contribution is 0.910. The van der Waals surface area contributed by atoms with E-state index in [0.29, 0.717) is 5.82 Å². The molecule has 1 aliphatic rings. The Balaban J connectivity index is 2.53. The topological polar surface area (TPSA) is 48.5 Å². The van der Waals surface area contributed by atoms with Crippen molar-refractivity contribution in [2.24, 2.45) is 4.99 Å². The van der Waals surface area contributed by atoms with Crippen LogP contribution in [0, 0.1) is 0 Å². The molecule has 4 heteroatoms. The van der Waals surface area contributed by atoms with Crippen molar-refractivity contribution >= 4 is 17.7 Å². The van der Waals surface area contributed by atoms with E-state index < -0.39 is 0 Å². The van der Waals surface area contributed by atoms with Crippen LogP contribution in [0.1, 0.15) is 6.92 Å². The molecule has 0 bridgehead atoms. The molecule has 13 heavy (non-hydrogen) atoms. The second-order valence-corrected chi connectivity index (χ2v) is 2.91. The van der Waals surface area contributed by atoms with Gasteiger partial charge in [-0.15, -0.1) is 0 Å². The molecule has 4 nitrogen and oxygen atoms in total. The Morgan fingerprint density at radius 2 is 2.46 bits per heavy atom. The van der Waals surface area contributed by atoms with Gasteiger partial charge in [0.15, 0.2) is 5.82 Å². The van der Waals surface area contributed by atoms with Gasteiger partial charge in [0.2, 0.25) is 5.56 Å². The smallest absolute Gasteiger partial charge is 0.249 e. The van der Waals surface area contributed by atoms with E-state index in [0.717, 1.165) is 18.8 Å². The van der Waals surface area contributed by atoms with Crippen LogP contribution in [-0.2, 0) is 0 Å². The molecule has 0 amide bonds. The van der Waals surface area contributed by atoms with Crippen LogP contribution in [0.4, 0.5) is 11.5 Å². The van der Waals surface area contributed by atoms with Gasteiger partial charge in [0.05, 0.1) is 12.2 Å². The third kappa shape index (κ3) is 1.35. The highest BCUT2D eigenvalue weighted by Gasteiger charge is 2.12. The standard InChI is InChI=1S/C9H11N3O/c1-2-12-6-5-10-9-7(12)3-4-8(13)11-9/h3-5H,2,6H2,1H3,(H,11,13). The van der Waals surface area contributed by atoms with Crippen LogP contribution in [0.15, 0.2) is 21.9 Å². The maximum absolute atomic E-state index is 11.0. The highest BCUT2D eigenvalue weighted by atomic mass is 16.1. The Bertz CT molecular complexity index is 394. The summed E-state index contributed by atoms with van der Waals surface area (Å²) in [7, 11) is 0. The lowest BCUT2D eigenvalue weighted by Crippen LogP contribution is -2.28. The minimum absolute atomic E-state index is 0.103. The molecule has 0 radical (unpaired) electrons. The van der Waals surface area contributed by atoms with Gasteiger partial charge in [-0.1, -0.05) is 0 Å². The number of fused-ring (bicyclic) bond motifs is 1. The number of pyridine rings is 1. The van der Waals surface area contributed by atoms with E-state index in [1.807, 2.05) is 12.3 Å². The Labute approximate surface area is 75.9 Å². The molecule has 0 spiro atoms. The molecule has 1 aromatic heterocycles. The van der Waals surface area contributed by atoms with Gasteiger partial charge < -0.3 is 9.88 Å². The van der Waals surface area contributed by atoms with Gasteiger partial charge in [0, 0.05) is 18.8 Å². The SMILES string of the molecule is CCN1CC=Nc2[nH]c(=O)ccc21. The van der Waals surface area contributed by atoms with Crippen molar-refractivity contribution in [3.8, 4) is 0 Å². The number of hydrogen-bond donors (Lipinski definition) is 1. The molecule has 0 atom stereocenters. The van der Waals surface area contributed by atoms with E-state index >= 15 is 0 Å². The summed E-state index contributed by atoms with van der Waals surface area (Å²) >= 11 is 0. The summed E-state index contributed by atoms with van der Waals surface area (Å²) in [6.07, 6.45) is 1.81. The molecule has 2 heterocycles. The fourth-order valence-corrected chi connectivity index (χ4v) is 1.44. The molecule has 1 N–H and O–H groups in total. The summed E-state index contributed by atoms with van der Waals surface area (Å²) in [5.74, 6) is 0.667. The van der Waals surface area contributed by atoms with E-state index in [1.165, 1.54) is 6.07 Å². The van der Waals surface area contributed by atoms with Gasteiger partial charge in [0.1, 0.15) is 0 Å². The van der Waals surface area contributed by atoms with Crippen molar-refractivity contribution in [2.45, 2.75) is 6.92 Å². The average molecular weight is 177 g/mol. The van der Waals surface area contributed by atoms with Crippen LogP contribution in [0.3, 0.4) is 0 Å².